The van der Waals surface area contributed by atoms with Gasteiger partial charge in [0.15, 0.2) is 0 Å². The lowest BCUT2D eigenvalue weighted by molar-refractivity contribution is -0.129. The maximum absolute atomic E-state index is 12.0. The molecule has 2 heteroatoms. The van der Waals surface area contributed by atoms with Crippen molar-refractivity contribution in [2.45, 2.75) is 31.7 Å². The maximum atomic E-state index is 12.0. The summed E-state index contributed by atoms with van der Waals surface area (Å²) >= 11 is 0. The second kappa shape index (κ2) is 4.60. The molecule has 1 aromatic rings. The van der Waals surface area contributed by atoms with Gasteiger partial charge < -0.3 is 4.90 Å². The first-order valence-electron chi connectivity index (χ1n) is 6.76. The van der Waals surface area contributed by atoms with Crippen LogP contribution in [-0.4, -0.2) is 23.4 Å². The molecule has 2 aliphatic rings. The van der Waals surface area contributed by atoms with Gasteiger partial charge in [-0.3, -0.25) is 4.79 Å². The lowest BCUT2D eigenvalue weighted by Crippen LogP contribution is -2.40. The third kappa shape index (κ3) is 1.96. The molecule has 1 aromatic carbocycles. The second-order valence-electron chi connectivity index (χ2n) is 5.41. The van der Waals surface area contributed by atoms with Crippen LogP contribution in [0.25, 0.3) is 0 Å². The van der Waals surface area contributed by atoms with Crippen LogP contribution >= 0.6 is 0 Å². The summed E-state index contributed by atoms with van der Waals surface area (Å²) in [7, 11) is 0. The number of nitrogens with zero attached hydrogens (tertiary/aromatic N) is 1. The molecule has 18 heavy (non-hydrogen) atoms. The van der Waals surface area contributed by atoms with Gasteiger partial charge in [0.1, 0.15) is 0 Å². The molecule has 94 valence electrons. The highest BCUT2D eigenvalue weighted by molar-refractivity contribution is 5.79. The number of rotatable bonds is 2. The Morgan fingerprint density at radius 3 is 2.72 bits per heavy atom. The van der Waals surface area contributed by atoms with Crippen molar-refractivity contribution in [1.29, 1.82) is 0 Å². The number of benzene rings is 1. The average Bonchev–Trinajstić information content (AvgIpc) is 2.79. The Bertz CT molecular complexity index is 480. The molecular weight excluding hydrogens is 222 g/mol. The summed E-state index contributed by atoms with van der Waals surface area (Å²) in [4.78, 5) is 14.1. The van der Waals surface area contributed by atoms with E-state index in [4.69, 9.17) is 0 Å². The molecule has 0 N–H and O–H groups in total. The van der Waals surface area contributed by atoms with E-state index in [1.54, 1.807) is 0 Å². The van der Waals surface area contributed by atoms with Crippen molar-refractivity contribution in [1.82, 2.24) is 4.90 Å². The van der Waals surface area contributed by atoms with Crippen molar-refractivity contribution in [3.63, 3.8) is 0 Å². The van der Waals surface area contributed by atoms with Crippen molar-refractivity contribution >= 4 is 5.91 Å². The minimum absolute atomic E-state index is 0.310. The van der Waals surface area contributed by atoms with Crippen LogP contribution in [0.4, 0.5) is 0 Å². The van der Waals surface area contributed by atoms with Gasteiger partial charge in [0.25, 0.3) is 0 Å². The van der Waals surface area contributed by atoms with Crippen molar-refractivity contribution in [2.24, 2.45) is 5.92 Å². The van der Waals surface area contributed by atoms with Gasteiger partial charge in [-0.1, -0.05) is 30.3 Å². The van der Waals surface area contributed by atoms with Crippen LogP contribution in [0.5, 0.6) is 0 Å². The number of fused-ring (bicyclic) bond motifs is 1. The quantitative estimate of drug-likeness (QED) is 0.729. The number of likely N-dealkylation sites (tertiary alicyclic amines) is 1. The molecule has 1 fully saturated rings. The van der Waals surface area contributed by atoms with Crippen LogP contribution in [0, 0.1) is 5.92 Å². The van der Waals surface area contributed by atoms with Gasteiger partial charge in [0, 0.05) is 24.9 Å². The highest BCUT2D eigenvalue weighted by Gasteiger charge is 2.34. The normalized spacial score (nSPS) is 27.1. The molecule has 2 nitrogen and oxygen atoms in total. The predicted molar refractivity (Wildman–Crippen MR) is 72.3 cm³/mol. The fraction of sp³-hybridized carbons (Fsp3) is 0.438. The SMILES string of the molecule is C=CC1CC(=O)N(C2CCc3ccccc3C2)C1. The lowest BCUT2D eigenvalue weighted by Gasteiger charge is -2.32. The molecule has 0 spiro atoms. The zero-order valence-corrected chi connectivity index (χ0v) is 10.6. The lowest BCUT2D eigenvalue weighted by atomic mass is 9.87. The number of carbonyl (C=O) groups excluding carboxylic acids is 1. The molecule has 3 rings (SSSR count). The Labute approximate surface area is 108 Å². The number of amides is 1. The first-order valence-corrected chi connectivity index (χ1v) is 6.76. The molecule has 0 saturated carbocycles. The van der Waals surface area contributed by atoms with Crippen LogP contribution in [0.3, 0.4) is 0 Å². The van der Waals surface area contributed by atoms with Gasteiger partial charge in [-0.25, -0.2) is 0 Å². The monoisotopic (exact) mass is 241 g/mol. The molecule has 1 aliphatic carbocycles. The van der Waals surface area contributed by atoms with Gasteiger partial charge in [0.2, 0.25) is 5.91 Å². The zero-order chi connectivity index (χ0) is 12.5. The van der Waals surface area contributed by atoms with Crippen molar-refractivity contribution in [3.05, 3.63) is 48.0 Å². The van der Waals surface area contributed by atoms with Crippen molar-refractivity contribution in [3.8, 4) is 0 Å². The first-order chi connectivity index (χ1) is 8.78. The van der Waals surface area contributed by atoms with E-state index in [1.807, 2.05) is 6.08 Å². The Morgan fingerprint density at radius 1 is 1.22 bits per heavy atom. The largest absolute Gasteiger partial charge is 0.339 e. The van der Waals surface area contributed by atoms with E-state index in [9.17, 15) is 4.79 Å². The molecule has 0 radical (unpaired) electrons. The van der Waals surface area contributed by atoms with Crippen molar-refractivity contribution < 1.29 is 4.79 Å². The summed E-state index contributed by atoms with van der Waals surface area (Å²) in [5, 5.41) is 0. The third-order valence-electron chi connectivity index (χ3n) is 4.28. The Balaban J connectivity index is 1.76. The molecule has 2 unspecified atom stereocenters. The summed E-state index contributed by atoms with van der Waals surface area (Å²) < 4.78 is 0. The first kappa shape index (κ1) is 11.5. The standard InChI is InChI=1S/C16H19NO/c1-2-12-9-16(18)17(11-12)15-8-7-13-5-3-4-6-14(13)10-15/h2-6,12,15H,1,7-11H2. The van der Waals surface area contributed by atoms with Gasteiger partial charge >= 0.3 is 0 Å². The topological polar surface area (TPSA) is 20.3 Å². The summed E-state index contributed by atoms with van der Waals surface area (Å²) in [6.45, 7) is 4.68. The fourth-order valence-electron chi connectivity index (χ4n) is 3.22. The predicted octanol–water partition coefficient (Wildman–Crippen LogP) is 2.58. The van der Waals surface area contributed by atoms with E-state index in [2.05, 4.69) is 35.7 Å². The van der Waals surface area contributed by atoms with Gasteiger partial charge in [-0.15, -0.1) is 6.58 Å². The number of hydrogen-bond acceptors (Lipinski definition) is 1. The smallest absolute Gasteiger partial charge is 0.223 e. The van der Waals surface area contributed by atoms with Crippen molar-refractivity contribution in [2.75, 3.05) is 6.54 Å². The van der Waals surface area contributed by atoms with Gasteiger partial charge in [-0.2, -0.15) is 0 Å². The zero-order valence-electron chi connectivity index (χ0n) is 10.6. The number of aryl methyl sites for hydroxylation is 1. The molecule has 2 atom stereocenters. The van der Waals surface area contributed by atoms with E-state index in [1.165, 1.54) is 11.1 Å². The average molecular weight is 241 g/mol. The Morgan fingerprint density at radius 2 is 2.00 bits per heavy atom. The van der Waals surface area contributed by atoms with E-state index < -0.39 is 0 Å². The second-order valence-corrected chi connectivity index (χ2v) is 5.41. The van der Waals surface area contributed by atoms with Crippen LogP contribution in [0.2, 0.25) is 0 Å². The van der Waals surface area contributed by atoms with Crippen LogP contribution in [-0.2, 0) is 17.6 Å². The molecule has 1 amide bonds. The highest BCUT2D eigenvalue weighted by atomic mass is 16.2. The van der Waals surface area contributed by atoms with Crippen LogP contribution in [0.15, 0.2) is 36.9 Å². The molecule has 1 saturated heterocycles. The van der Waals surface area contributed by atoms with E-state index in [-0.39, 0.29) is 0 Å². The highest BCUT2D eigenvalue weighted by Crippen LogP contribution is 2.29. The van der Waals surface area contributed by atoms with E-state index in [0.717, 1.165) is 25.8 Å². The van der Waals surface area contributed by atoms with E-state index in [0.29, 0.717) is 24.3 Å². The molecular formula is C16H19NO. The summed E-state index contributed by atoms with van der Waals surface area (Å²) in [6, 6.07) is 9.02. The minimum Gasteiger partial charge on any atom is -0.339 e. The Kier molecular flexibility index (Phi) is 2.94. The van der Waals surface area contributed by atoms with Crippen LogP contribution < -0.4 is 0 Å². The fourth-order valence-corrected chi connectivity index (χ4v) is 3.22. The third-order valence-corrected chi connectivity index (χ3v) is 4.28. The number of hydrogen-bond donors (Lipinski definition) is 0. The van der Waals surface area contributed by atoms with E-state index >= 15 is 0 Å². The summed E-state index contributed by atoms with van der Waals surface area (Å²) in [5.74, 6) is 0.666. The molecule has 1 heterocycles. The molecule has 0 aromatic heterocycles. The van der Waals surface area contributed by atoms with Gasteiger partial charge in [0.05, 0.1) is 0 Å². The van der Waals surface area contributed by atoms with Crippen LogP contribution in [0.1, 0.15) is 24.0 Å². The summed E-state index contributed by atoms with van der Waals surface area (Å²) in [6.07, 6.45) is 5.80. The molecule has 1 aliphatic heterocycles. The molecule has 0 bridgehead atoms. The summed E-state index contributed by atoms with van der Waals surface area (Å²) in [5.41, 5.74) is 2.88. The van der Waals surface area contributed by atoms with Gasteiger partial charge in [-0.05, 0) is 30.4 Å². The number of carbonyl (C=O) groups is 1. The Hall–Kier alpha value is -1.57. The maximum Gasteiger partial charge on any atom is 0.223 e. The minimum atomic E-state index is 0.310.